The molecule has 1 N–H and O–H groups in total. The predicted molar refractivity (Wildman–Crippen MR) is 93.2 cm³/mol. The summed E-state index contributed by atoms with van der Waals surface area (Å²) in [4.78, 5) is 16.7. The molecule has 2 unspecified atom stereocenters. The van der Waals surface area contributed by atoms with Gasteiger partial charge in [-0.1, -0.05) is 11.6 Å². The highest BCUT2D eigenvalue weighted by molar-refractivity contribution is 6.30. The van der Waals surface area contributed by atoms with Crippen LogP contribution in [0.3, 0.4) is 0 Å². The van der Waals surface area contributed by atoms with Gasteiger partial charge >= 0.3 is 0 Å². The number of aliphatic hydroxyl groups is 1. The average Bonchev–Trinajstić information content (AvgIpc) is 2.72. The number of rotatable bonds is 3. The van der Waals surface area contributed by atoms with Crippen molar-refractivity contribution < 1.29 is 14.6 Å². The van der Waals surface area contributed by atoms with Crippen LogP contribution in [0.2, 0.25) is 5.02 Å². The SMILES string of the molecule is CC1CN(CC(=O)N2CCCC(CO)C2)Cc2cc(Cl)ccc2O1. The second kappa shape index (κ2) is 7.72. The molecule has 1 aromatic rings. The predicted octanol–water partition coefficient (Wildman–Crippen LogP) is 2.15. The number of halogens is 1. The number of aliphatic hydroxyl groups excluding tert-OH is 1. The van der Waals surface area contributed by atoms with Gasteiger partial charge in [0.25, 0.3) is 0 Å². The van der Waals surface area contributed by atoms with E-state index in [-0.39, 0.29) is 24.5 Å². The summed E-state index contributed by atoms with van der Waals surface area (Å²) in [5, 5.41) is 10.0. The molecule has 0 spiro atoms. The Balaban J connectivity index is 1.67. The number of benzene rings is 1. The molecular weight excluding hydrogens is 328 g/mol. The number of hydrogen-bond donors (Lipinski definition) is 1. The van der Waals surface area contributed by atoms with Gasteiger partial charge in [0, 0.05) is 43.4 Å². The van der Waals surface area contributed by atoms with Crippen molar-refractivity contribution in [1.29, 1.82) is 0 Å². The van der Waals surface area contributed by atoms with Crippen LogP contribution >= 0.6 is 11.6 Å². The van der Waals surface area contributed by atoms with Crippen LogP contribution in [0.25, 0.3) is 0 Å². The molecule has 2 aliphatic heterocycles. The maximum Gasteiger partial charge on any atom is 0.236 e. The van der Waals surface area contributed by atoms with Crippen LogP contribution in [-0.2, 0) is 11.3 Å². The number of likely N-dealkylation sites (tertiary alicyclic amines) is 1. The second-order valence-electron chi connectivity index (χ2n) is 6.88. The van der Waals surface area contributed by atoms with Gasteiger partial charge in [-0.2, -0.15) is 0 Å². The molecule has 132 valence electrons. The first-order valence-corrected chi connectivity index (χ1v) is 8.99. The highest BCUT2D eigenvalue weighted by Gasteiger charge is 2.27. The van der Waals surface area contributed by atoms with Crippen molar-refractivity contribution in [3.63, 3.8) is 0 Å². The topological polar surface area (TPSA) is 53.0 Å². The number of piperidine rings is 1. The lowest BCUT2D eigenvalue weighted by atomic mass is 9.99. The van der Waals surface area contributed by atoms with Gasteiger partial charge in [0.1, 0.15) is 11.9 Å². The lowest BCUT2D eigenvalue weighted by molar-refractivity contribution is -0.134. The minimum atomic E-state index is 0.0202. The summed E-state index contributed by atoms with van der Waals surface area (Å²) in [7, 11) is 0. The summed E-state index contributed by atoms with van der Waals surface area (Å²) in [5.74, 6) is 1.19. The molecule has 1 aromatic carbocycles. The lowest BCUT2D eigenvalue weighted by Crippen LogP contribution is -2.46. The Morgan fingerprint density at radius 1 is 1.42 bits per heavy atom. The van der Waals surface area contributed by atoms with Gasteiger partial charge in [-0.25, -0.2) is 0 Å². The zero-order valence-electron chi connectivity index (χ0n) is 14.1. The maximum absolute atomic E-state index is 12.7. The molecule has 0 radical (unpaired) electrons. The normalized spacial score (nSPS) is 24.9. The first-order valence-electron chi connectivity index (χ1n) is 8.61. The standard InChI is InChI=1S/C18H25ClN2O3/c1-13-8-20(10-15-7-16(19)4-5-17(15)24-13)11-18(23)21-6-2-3-14(9-21)12-22/h4-5,7,13-14,22H,2-3,6,8-12H2,1H3. The molecule has 24 heavy (non-hydrogen) atoms. The van der Waals surface area contributed by atoms with E-state index in [0.29, 0.717) is 31.2 Å². The molecule has 0 bridgehead atoms. The third-order valence-electron chi connectivity index (χ3n) is 4.75. The molecule has 2 aliphatic rings. The third kappa shape index (κ3) is 4.21. The molecule has 1 fully saturated rings. The summed E-state index contributed by atoms with van der Waals surface area (Å²) in [6, 6.07) is 5.64. The Kier molecular flexibility index (Phi) is 5.64. The number of ether oxygens (including phenoxy) is 1. The molecule has 2 atom stereocenters. The Bertz CT molecular complexity index is 596. The van der Waals surface area contributed by atoms with Crippen molar-refractivity contribution in [2.24, 2.45) is 5.92 Å². The summed E-state index contributed by atoms with van der Waals surface area (Å²) >= 11 is 6.10. The number of fused-ring (bicyclic) bond motifs is 1. The molecular formula is C18H25ClN2O3. The second-order valence-corrected chi connectivity index (χ2v) is 7.32. The van der Waals surface area contributed by atoms with Crippen molar-refractivity contribution >= 4 is 17.5 Å². The van der Waals surface area contributed by atoms with E-state index in [0.717, 1.165) is 30.7 Å². The van der Waals surface area contributed by atoms with E-state index in [4.69, 9.17) is 16.3 Å². The van der Waals surface area contributed by atoms with Gasteiger partial charge in [0.15, 0.2) is 0 Å². The van der Waals surface area contributed by atoms with E-state index in [9.17, 15) is 9.90 Å². The van der Waals surface area contributed by atoms with Crippen molar-refractivity contribution in [2.45, 2.75) is 32.4 Å². The molecule has 2 heterocycles. The average molecular weight is 353 g/mol. The van der Waals surface area contributed by atoms with E-state index >= 15 is 0 Å². The zero-order valence-corrected chi connectivity index (χ0v) is 14.8. The fourth-order valence-corrected chi connectivity index (χ4v) is 3.76. The fraction of sp³-hybridized carbons (Fsp3) is 0.611. The maximum atomic E-state index is 12.7. The van der Waals surface area contributed by atoms with Crippen LogP contribution in [0.1, 0.15) is 25.3 Å². The van der Waals surface area contributed by atoms with Crippen molar-refractivity contribution in [3.05, 3.63) is 28.8 Å². The molecule has 0 aliphatic carbocycles. The highest BCUT2D eigenvalue weighted by Crippen LogP contribution is 2.28. The summed E-state index contributed by atoms with van der Waals surface area (Å²) < 4.78 is 5.95. The lowest BCUT2D eigenvalue weighted by Gasteiger charge is -2.33. The van der Waals surface area contributed by atoms with Crippen molar-refractivity contribution in [1.82, 2.24) is 9.80 Å². The van der Waals surface area contributed by atoms with Crippen molar-refractivity contribution in [2.75, 3.05) is 32.8 Å². The van der Waals surface area contributed by atoms with E-state index in [1.54, 1.807) is 0 Å². The third-order valence-corrected chi connectivity index (χ3v) is 4.98. The van der Waals surface area contributed by atoms with Gasteiger partial charge < -0.3 is 14.7 Å². The first-order chi connectivity index (χ1) is 11.5. The van der Waals surface area contributed by atoms with Crippen LogP contribution in [-0.4, -0.2) is 59.7 Å². The smallest absolute Gasteiger partial charge is 0.236 e. The number of carbonyl (C=O) groups is 1. The monoisotopic (exact) mass is 352 g/mol. The zero-order chi connectivity index (χ0) is 17.1. The number of nitrogens with zero attached hydrogens (tertiary/aromatic N) is 2. The van der Waals surface area contributed by atoms with E-state index in [2.05, 4.69) is 4.90 Å². The van der Waals surface area contributed by atoms with Gasteiger partial charge in [-0.3, -0.25) is 9.69 Å². The Morgan fingerprint density at radius 2 is 2.25 bits per heavy atom. The van der Waals surface area contributed by atoms with E-state index in [1.807, 2.05) is 30.0 Å². The van der Waals surface area contributed by atoms with Crippen LogP contribution in [0.4, 0.5) is 0 Å². The number of carbonyl (C=O) groups excluding carboxylic acids is 1. The van der Waals surface area contributed by atoms with Crippen LogP contribution in [0, 0.1) is 5.92 Å². The largest absolute Gasteiger partial charge is 0.489 e. The van der Waals surface area contributed by atoms with Crippen LogP contribution in [0.5, 0.6) is 5.75 Å². The van der Waals surface area contributed by atoms with Gasteiger partial charge in [-0.15, -0.1) is 0 Å². The van der Waals surface area contributed by atoms with Gasteiger partial charge in [0.2, 0.25) is 5.91 Å². The molecule has 0 aromatic heterocycles. The summed E-state index contributed by atoms with van der Waals surface area (Å²) in [5.41, 5.74) is 1.02. The van der Waals surface area contributed by atoms with Gasteiger partial charge in [-0.05, 0) is 43.9 Å². The Labute approximate surface area is 148 Å². The van der Waals surface area contributed by atoms with E-state index < -0.39 is 0 Å². The summed E-state index contributed by atoms with van der Waals surface area (Å²) in [6.07, 6.45) is 1.99. The Hall–Kier alpha value is -1.30. The molecule has 1 saturated heterocycles. The van der Waals surface area contributed by atoms with Crippen molar-refractivity contribution in [3.8, 4) is 5.75 Å². The minimum Gasteiger partial charge on any atom is -0.489 e. The van der Waals surface area contributed by atoms with Gasteiger partial charge in [0.05, 0.1) is 6.54 Å². The Morgan fingerprint density at radius 3 is 3.04 bits per heavy atom. The molecule has 0 saturated carbocycles. The highest BCUT2D eigenvalue weighted by atomic mass is 35.5. The quantitative estimate of drug-likeness (QED) is 0.905. The molecule has 3 rings (SSSR count). The van der Waals surface area contributed by atoms with Crippen LogP contribution in [0.15, 0.2) is 18.2 Å². The molecule has 6 heteroatoms. The van der Waals surface area contributed by atoms with Crippen LogP contribution < -0.4 is 4.74 Å². The molecule has 1 amide bonds. The number of amides is 1. The molecule has 5 nitrogen and oxygen atoms in total. The summed E-state index contributed by atoms with van der Waals surface area (Å²) in [6.45, 7) is 5.36. The van der Waals surface area contributed by atoms with E-state index in [1.165, 1.54) is 0 Å². The minimum absolute atomic E-state index is 0.0202. The first kappa shape index (κ1) is 17.5. The fourth-order valence-electron chi connectivity index (χ4n) is 3.56. The number of hydrogen-bond acceptors (Lipinski definition) is 4.